The summed E-state index contributed by atoms with van der Waals surface area (Å²) < 4.78 is 0. The van der Waals surface area contributed by atoms with Gasteiger partial charge >= 0.3 is 0 Å². The molecule has 2 heterocycles. The molecule has 0 saturated carbocycles. The number of carbonyl (C=O) groups excluding carboxylic acids is 1. The first-order valence-electron chi connectivity index (χ1n) is 6.62. The molecule has 4 heteroatoms. The van der Waals surface area contributed by atoms with E-state index in [1.165, 1.54) is 4.88 Å². The van der Waals surface area contributed by atoms with E-state index in [0.717, 1.165) is 25.9 Å². The third-order valence-electron chi connectivity index (χ3n) is 3.50. The smallest absolute Gasteiger partial charge is 0.221 e. The van der Waals surface area contributed by atoms with E-state index < -0.39 is 0 Å². The highest BCUT2D eigenvalue weighted by Gasteiger charge is 2.24. The maximum Gasteiger partial charge on any atom is 0.221 e. The molecule has 0 aromatic carbocycles. The van der Waals surface area contributed by atoms with Gasteiger partial charge in [0, 0.05) is 35.8 Å². The van der Waals surface area contributed by atoms with Crippen molar-refractivity contribution in [2.45, 2.75) is 44.6 Å². The summed E-state index contributed by atoms with van der Waals surface area (Å²) in [7, 11) is 0. The van der Waals surface area contributed by atoms with Gasteiger partial charge in [0.05, 0.1) is 0 Å². The van der Waals surface area contributed by atoms with Crippen LogP contribution in [-0.2, 0) is 10.2 Å². The van der Waals surface area contributed by atoms with Gasteiger partial charge in [-0.05, 0) is 24.3 Å². The van der Waals surface area contributed by atoms with E-state index in [-0.39, 0.29) is 11.3 Å². The molecule has 18 heavy (non-hydrogen) atoms. The highest BCUT2D eigenvalue weighted by molar-refractivity contribution is 7.10. The second kappa shape index (κ2) is 5.85. The molecule has 3 nitrogen and oxygen atoms in total. The van der Waals surface area contributed by atoms with Gasteiger partial charge in [-0.15, -0.1) is 11.3 Å². The molecule has 1 aliphatic rings. The minimum Gasteiger partial charge on any atom is -0.356 e. The van der Waals surface area contributed by atoms with E-state index in [0.29, 0.717) is 12.5 Å². The number of nitrogens with one attached hydrogen (secondary N) is 2. The van der Waals surface area contributed by atoms with Crippen LogP contribution in [0, 0.1) is 0 Å². The number of thiophene rings is 1. The summed E-state index contributed by atoms with van der Waals surface area (Å²) in [6.45, 7) is 6.25. The summed E-state index contributed by atoms with van der Waals surface area (Å²) >= 11 is 1.80. The molecule has 0 radical (unpaired) electrons. The summed E-state index contributed by atoms with van der Waals surface area (Å²) in [5.41, 5.74) is 0.136. The van der Waals surface area contributed by atoms with Crippen molar-refractivity contribution in [2.75, 3.05) is 13.1 Å². The zero-order chi connectivity index (χ0) is 13.0. The van der Waals surface area contributed by atoms with Gasteiger partial charge in [0.15, 0.2) is 0 Å². The Morgan fingerprint density at radius 2 is 2.39 bits per heavy atom. The number of carbonyl (C=O) groups is 1. The van der Waals surface area contributed by atoms with Crippen LogP contribution in [0.5, 0.6) is 0 Å². The van der Waals surface area contributed by atoms with Crippen LogP contribution < -0.4 is 10.6 Å². The molecule has 1 aliphatic heterocycles. The van der Waals surface area contributed by atoms with Gasteiger partial charge in [-0.2, -0.15) is 0 Å². The standard InChI is InChI=1S/C14H22N2OS/c1-14(2,12-6-4-8-18-12)10-16-11-5-3-7-15-13(17)9-11/h4,6,8,11,16H,3,5,7,9-10H2,1-2H3,(H,15,17). The minimum atomic E-state index is 0.136. The molecule has 0 spiro atoms. The molecule has 1 fully saturated rings. The van der Waals surface area contributed by atoms with Crippen molar-refractivity contribution in [3.63, 3.8) is 0 Å². The largest absolute Gasteiger partial charge is 0.356 e. The van der Waals surface area contributed by atoms with Crippen LogP contribution in [0.4, 0.5) is 0 Å². The first-order valence-corrected chi connectivity index (χ1v) is 7.50. The molecule has 1 saturated heterocycles. The van der Waals surface area contributed by atoms with Crippen LogP contribution in [-0.4, -0.2) is 25.0 Å². The normalized spacial score (nSPS) is 21.4. The molecule has 1 aromatic heterocycles. The van der Waals surface area contributed by atoms with Crippen LogP contribution in [0.1, 0.15) is 38.0 Å². The Morgan fingerprint density at radius 1 is 1.56 bits per heavy atom. The van der Waals surface area contributed by atoms with Gasteiger partial charge in [0.25, 0.3) is 0 Å². The lowest BCUT2D eigenvalue weighted by molar-refractivity contribution is -0.121. The highest BCUT2D eigenvalue weighted by Crippen LogP contribution is 2.27. The third kappa shape index (κ3) is 3.56. The average Bonchev–Trinajstić information content (AvgIpc) is 2.78. The van der Waals surface area contributed by atoms with Gasteiger partial charge in [-0.3, -0.25) is 4.79 Å². The van der Waals surface area contributed by atoms with Gasteiger partial charge in [-0.1, -0.05) is 19.9 Å². The summed E-state index contributed by atoms with van der Waals surface area (Å²) in [6.07, 6.45) is 2.77. The van der Waals surface area contributed by atoms with Crippen LogP contribution in [0.3, 0.4) is 0 Å². The fourth-order valence-corrected chi connectivity index (χ4v) is 3.15. The summed E-state index contributed by atoms with van der Waals surface area (Å²) in [4.78, 5) is 12.9. The van der Waals surface area contributed by atoms with Gasteiger partial charge in [0.2, 0.25) is 5.91 Å². The Hall–Kier alpha value is -0.870. The minimum absolute atomic E-state index is 0.136. The molecule has 2 rings (SSSR count). The molecule has 1 aromatic rings. The van der Waals surface area contributed by atoms with Crippen molar-refractivity contribution in [1.29, 1.82) is 0 Å². The zero-order valence-electron chi connectivity index (χ0n) is 11.2. The van der Waals surface area contributed by atoms with Crippen molar-refractivity contribution in [3.8, 4) is 0 Å². The van der Waals surface area contributed by atoms with E-state index in [2.05, 4.69) is 42.0 Å². The van der Waals surface area contributed by atoms with Crippen LogP contribution in [0.15, 0.2) is 17.5 Å². The molecule has 0 aliphatic carbocycles. The van der Waals surface area contributed by atoms with E-state index in [4.69, 9.17) is 0 Å². The van der Waals surface area contributed by atoms with E-state index in [1.807, 2.05) is 0 Å². The third-order valence-corrected chi connectivity index (χ3v) is 4.74. The Kier molecular flexibility index (Phi) is 4.40. The second-order valence-corrected chi connectivity index (χ2v) is 6.58. The highest BCUT2D eigenvalue weighted by atomic mass is 32.1. The monoisotopic (exact) mass is 266 g/mol. The number of amides is 1. The number of rotatable bonds is 4. The SMILES string of the molecule is CC(C)(CNC1CCCNC(=O)C1)c1cccs1. The fraction of sp³-hybridized carbons (Fsp3) is 0.643. The average molecular weight is 266 g/mol. The summed E-state index contributed by atoms with van der Waals surface area (Å²) in [6, 6.07) is 4.61. The molecule has 0 bridgehead atoms. The molecule has 1 unspecified atom stereocenters. The van der Waals surface area contributed by atoms with Crippen molar-refractivity contribution in [3.05, 3.63) is 22.4 Å². The Labute approximate surface area is 113 Å². The van der Waals surface area contributed by atoms with Crippen LogP contribution >= 0.6 is 11.3 Å². The fourth-order valence-electron chi connectivity index (χ4n) is 2.30. The molecular weight excluding hydrogens is 244 g/mol. The molecule has 2 N–H and O–H groups in total. The predicted molar refractivity (Wildman–Crippen MR) is 76.0 cm³/mol. The lowest BCUT2D eigenvalue weighted by Gasteiger charge is -2.27. The topological polar surface area (TPSA) is 41.1 Å². The summed E-state index contributed by atoms with van der Waals surface area (Å²) in [5, 5.41) is 8.61. The van der Waals surface area contributed by atoms with Crippen LogP contribution in [0.2, 0.25) is 0 Å². The van der Waals surface area contributed by atoms with E-state index >= 15 is 0 Å². The van der Waals surface area contributed by atoms with Gasteiger partial charge < -0.3 is 10.6 Å². The Bertz CT molecular complexity index is 387. The van der Waals surface area contributed by atoms with Gasteiger partial charge in [0.1, 0.15) is 0 Å². The zero-order valence-corrected chi connectivity index (χ0v) is 12.0. The van der Waals surface area contributed by atoms with E-state index in [1.54, 1.807) is 11.3 Å². The van der Waals surface area contributed by atoms with Crippen molar-refractivity contribution >= 4 is 17.2 Å². The second-order valence-electron chi connectivity index (χ2n) is 5.64. The van der Waals surface area contributed by atoms with Crippen molar-refractivity contribution in [2.24, 2.45) is 0 Å². The molecular formula is C14H22N2OS. The van der Waals surface area contributed by atoms with Crippen LogP contribution in [0.25, 0.3) is 0 Å². The van der Waals surface area contributed by atoms with Gasteiger partial charge in [-0.25, -0.2) is 0 Å². The summed E-state index contributed by atoms with van der Waals surface area (Å²) in [5.74, 6) is 0.180. The predicted octanol–water partition coefficient (Wildman–Crippen LogP) is 2.28. The first-order chi connectivity index (χ1) is 8.58. The molecule has 1 amide bonds. The Balaban J connectivity index is 1.88. The molecule has 1 atom stereocenters. The quantitative estimate of drug-likeness (QED) is 0.878. The number of hydrogen-bond donors (Lipinski definition) is 2. The first kappa shape index (κ1) is 13.6. The van der Waals surface area contributed by atoms with E-state index in [9.17, 15) is 4.79 Å². The maximum absolute atomic E-state index is 11.5. The van der Waals surface area contributed by atoms with Crippen molar-refractivity contribution < 1.29 is 4.79 Å². The lowest BCUT2D eigenvalue weighted by atomic mass is 9.91. The molecule has 100 valence electrons. The Morgan fingerprint density at radius 3 is 3.11 bits per heavy atom. The van der Waals surface area contributed by atoms with Crippen molar-refractivity contribution in [1.82, 2.24) is 10.6 Å². The maximum atomic E-state index is 11.5. The lowest BCUT2D eigenvalue weighted by Crippen LogP contribution is -2.40. The number of hydrogen-bond acceptors (Lipinski definition) is 3.